The van der Waals surface area contributed by atoms with E-state index in [2.05, 4.69) is 10.6 Å². The normalized spacial score (nSPS) is 23.1. The van der Waals surface area contributed by atoms with Crippen LogP contribution in [0.2, 0.25) is 0 Å². The first kappa shape index (κ1) is 17.3. The fourth-order valence-electron chi connectivity index (χ4n) is 3.12. The molecule has 1 unspecified atom stereocenters. The van der Waals surface area contributed by atoms with Crippen molar-refractivity contribution in [2.24, 2.45) is 0 Å². The number of carbonyl (C=O) groups excluding carboxylic acids is 3. The molecule has 2 aliphatic heterocycles. The highest BCUT2D eigenvalue weighted by Gasteiger charge is 2.35. The molecule has 25 heavy (non-hydrogen) atoms. The lowest BCUT2D eigenvalue weighted by molar-refractivity contribution is -0.133. The largest absolute Gasteiger partial charge is 0.374 e. The molecule has 2 aliphatic rings. The summed E-state index contributed by atoms with van der Waals surface area (Å²) in [4.78, 5) is 35.3. The third kappa shape index (κ3) is 3.78. The Morgan fingerprint density at radius 3 is 2.60 bits per heavy atom. The van der Waals surface area contributed by atoms with Gasteiger partial charge in [-0.2, -0.15) is 0 Å². The molecule has 0 saturated carbocycles. The van der Waals surface area contributed by atoms with Crippen molar-refractivity contribution in [2.75, 3.05) is 23.3 Å². The molecule has 134 valence electrons. The highest BCUT2D eigenvalue weighted by Crippen LogP contribution is 2.30. The van der Waals surface area contributed by atoms with Crippen LogP contribution in [0.5, 0.6) is 0 Å². The van der Waals surface area contributed by atoms with Crippen LogP contribution in [0.1, 0.15) is 25.7 Å². The maximum Gasteiger partial charge on any atom is 0.249 e. The smallest absolute Gasteiger partial charge is 0.249 e. The molecular formula is C17H19F2N3O3. The Morgan fingerprint density at radius 2 is 2.00 bits per heavy atom. The zero-order valence-corrected chi connectivity index (χ0v) is 13.6. The van der Waals surface area contributed by atoms with Crippen molar-refractivity contribution in [3.8, 4) is 0 Å². The third-order valence-corrected chi connectivity index (χ3v) is 4.67. The van der Waals surface area contributed by atoms with Gasteiger partial charge in [-0.05, 0) is 24.6 Å². The van der Waals surface area contributed by atoms with E-state index in [1.165, 1.54) is 6.07 Å². The molecule has 2 saturated heterocycles. The number of rotatable bonds is 4. The molecule has 6 nitrogen and oxygen atoms in total. The van der Waals surface area contributed by atoms with Crippen LogP contribution in [0, 0.1) is 5.82 Å². The first-order chi connectivity index (χ1) is 11.9. The lowest BCUT2D eigenvalue weighted by Gasteiger charge is -2.35. The van der Waals surface area contributed by atoms with E-state index in [0.29, 0.717) is 24.1 Å². The molecule has 2 heterocycles. The predicted octanol–water partition coefficient (Wildman–Crippen LogP) is 1.55. The number of carbonyl (C=O) groups is 3. The Balaban J connectivity index is 1.66. The van der Waals surface area contributed by atoms with Crippen LogP contribution in [0.4, 0.5) is 20.2 Å². The fourth-order valence-corrected chi connectivity index (χ4v) is 3.12. The molecule has 0 bridgehead atoms. The molecule has 0 aliphatic carbocycles. The summed E-state index contributed by atoms with van der Waals surface area (Å²) in [5.74, 6) is -1.23. The van der Waals surface area contributed by atoms with Crippen LogP contribution in [-0.4, -0.2) is 42.9 Å². The Morgan fingerprint density at radius 1 is 1.28 bits per heavy atom. The molecule has 1 aromatic carbocycles. The zero-order chi connectivity index (χ0) is 18.0. The van der Waals surface area contributed by atoms with Crippen LogP contribution < -0.4 is 15.5 Å². The van der Waals surface area contributed by atoms with Crippen LogP contribution in [0.3, 0.4) is 0 Å². The average molecular weight is 351 g/mol. The molecule has 0 radical (unpaired) electrons. The maximum atomic E-state index is 14.4. The van der Waals surface area contributed by atoms with Crippen molar-refractivity contribution in [1.82, 2.24) is 5.32 Å². The molecule has 3 rings (SSSR count). The Hall–Kier alpha value is -2.51. The van der Waals surface area contributed by atoms with Crippen LogP contribution in [-0.2, 0) is 14.4 Å². The van der Waals surface area contributed by atoms with Gasteiger partial charge < -0.3 is 10.2 Å². The van der Waals surface area contributed by atoms with Gasteiger partial charge in [0.15, 0.2) is 12.0 Å². The summed E-state index contributed by atoms with van der Waals surface area (Å²) in [6, 6.07) is 3.89. The lowest BCUT2D eigenvalue weighted by Crippen LogP contribution is -2.47. The molecule has 1 atom stereocenters. The first-order valence-corrected chi connectivity index (χ1v) is 8.20. The summed E-state index contributed by atoms with van der Waals surface area (Å²) < 4.78 is 28.3. The number of amides is 2. The number of nitrogens with zero attached hydrogens (tertiary/aromatic N) is 1. The topological polar surface area (TPSA) is 78.5 Å². The van der Waals surface area contributed by atoms with Crippen molar-refractivity contribution >= 4 is 29.5 Å². The number of imide groups is 1. The second kappa shape index (κ2) is 6.78. The minimum absolute atomic E-state index is 0.0339. The van der Waals surface area contributed by atoms with Gasteiger partial charge in [-0.15, -0.1) is 0 Å². The van der Waals surface area contributed by atoms with Crippen LogP contribution in [0.15, 0.2) is 18.2 Å². The van der Waals surface area contributed by atoms with Crippen molar-refractivity contribution in [3.63, 3.8) is 0 Å². The van der Waals surface area contributed by atoms with Gasteiger partial charge in [0.05, 0.1) is 5.69 Å². The molecule has 0 aromatic heterocycles. The van der Waals surface area contributed by atoms with Gasteiger partial charge >= 0.3 is 0 Å². The monoisotopic (exact) mass is 351 g/mol. The molecule has 2 N–H and O–H groups in total. The van der Waals surface area contributed by atoms with Gasteiger partial charge in [0.25, 0.3) is 0 Å². The second-order valence-corrected chi connectivity index (χ2v) is 6.45. The summed E-state index contributed by atoms with van der Waals surface area (Å²) >= 11 is 0. The zero-order valence-electron chi connectivity index (χ0n) is 13.6. The summed E-state index contributed by atoms with van der Waals surface area (Å²) in [5.41, 5.74) is -1.05. The van der Waals surface area contributed by atoms with E-state index in [1.54, 1.807) is 17.0 Å². The number of benzene rings is 1. The number of aldehydes is 1. The molecule has 2 fully saturated rings. The summed E-state index contributed by atoms with van der Waals surface area (Å²) in [5, 5.41) is 5.15. The number of anilines is 2. The lowest BCUT2D eigenvalue weighted by atomic mass is 9.94. The molecular weight excluding hydrogens is 332 g/mol. The quantitative estimate of drug-likeness (QED) is 0.636. The number of halogens is 2. The molecule has 0 spiro atoms. The number of piperidine rings is 2. The standard InChI is InChI=1S/C17H19F2N3O3/c18-12-9-11(20-13-2-4-15(24)21-16(13)25)1-3-14(12)22-7-5-17(19,10-23)6-8-22/h1,3,9-10,13,20H,2,4-8H2,(H,21,24,25). The fraction of sp³-hybridized carbons (Fsp3) is 0.471. The molecule has 1 aromatic rings. The van der Waals surface area contributed by atoms with Gasteiger partial charge in [-0.25, -0.2) is 8.78 Å². The van der Waals surface area contributed by atoms with E-state index in [4.69, 9.17) is 0 Å². The third-order valence-electron chi connectivity index (χ3n) is 4.67. The van der Waals surface area contributed by atoms with E-state index >= 15 is 0 Å². The second-order valence-electron chi connectivity index (χ2n) is 6.45. The number of hydrogen-bond acceptors (Lipinski definition) is 5. The average Bonchev–Trinajstić information content (AvgIpc) is 2.59. The summed E-state index contributed by atoms with van der Waals surface area (Å²) in [6.07, 6.45) is 0.982. The van der Waals surface area contributed by atoms with Gasteiger partial charge in [0.2, 0.25) is 11.8 Å². The first-order valence-electron chi connectivity index (χ1n) is 8.20. The van der Waals surface area contributed by atoms with Crippen molar-refractivity contribution in [1.29, 1.82) is 0 Å². The molecule has 2 amide bonds. The highest BCUT2D eigenvalue weighted by molar-refractivity contribution is 6.01. The van der Waals surface area contributed by atoms with Crippen molar-refractivity contribution in [3.05, 3.63) is 24.0 Å². The number of hydrogen-bond donors (Lipinski definition) is 2. The number of alkyl halides is 1. The highest BCUT2D eigenvalue weighted by atomic mass is 19.1. The van der Waals surface area contributed by atoms with Gasteiger partial charge in [0, 0.05) is 38.0 Å². The summed E-state index contributed by atoms with van der Waals surface area (Å²) in [7, 11) is 0. The van der Waals surface area contributed by atoms with Gasteiger partial charge in [0.1, 0.15) is 11.9 Å². The maximum absolute atomic E-state index is 14.4. The van der Waals surface area contributed by atoms with E-state index in [-0.39, 0.29) is 38.3 Å². The van der Waals surface area contributed by atoms with E-state index < -0.39 is 23.4 Å². The predicted molar refractivity (Wildman–Crippen MR) is 87.5 cm³/mol. The van der Waals surface area contributed by atoms with Crippen molar-refractivity contribution in [2.45, 2.75) is 37.4 Å². The Labute approximate surface area is 143 Å². The number of nitrogens with one attached hydrogen (secondary N) is 2. The minimum Gasteiger partial charge on any atom is -0.374 e. The Kier molecular flexibility index (Phi) is 4.69. The van der Waals surface area contributed by atoms with Gasteiger partial charge in [-0.1, -0.05) is 0 Å². The van der Waals surface area contributed by atoms with Crippen molar-refractivity contribution < 1.29 is 23.2 Å². The Bertz CT molecular complexity index is 702. The summed E-state index contributed by atoms with van der Waals surface area (Å²) in [6.45, 7) is 0.512. The SMILES string of the molecule is O=CC1(F)CCN(c2ccc(NC3CCC(=O)NC3=O)cc2F)CC1. The van der Waals surface area contributed by atoms with Crippen LogP contribution >= 0.6 is 0 Å². The molecule has 8 heteroatoms. The van der Waals surface area contributed by atoms with E-state index in [0.717, 1.165) is 0 Å². The van der Waals surface area contributed by atoms with E-state index in [1.807, 2.05) is 0 Å². The van der Waals surface area contributed by atoms with Crippen LogP contribution in [0.25, 0.3) is 0 Å². The van der Waals surface area contributed by atoms with E-state index in [9.17, 15) is 23.2 Å². The minimum atomic E-state index is -1.82. The van der Waals surface area contributed by atoms with Gasteiger partial charge in [-0.3, -0.25) is 19.7 Å².